The maximum atomic E-state index is 12.5. The van der Waals surface area contributed by atoms with Gasteiger partial charge in [-0.1, -0.05) is 24.3 Å². The predicted molar refractivity (Wildman–Crippen MR) is 132 cm³/mol. The molecule has 1 saturated carbocycles. The van der Waals surface area contributed by atoms with E-state index in [1.807, 2.05) is 43.3 Å². The number of amides is 1. The smallest absolute Gasteiger partial charge is 0.251 e. The van der Waals surface area contributed by atoms with Crippen LogP contribution in [0.3, 0.4) is 0 Å². The third-order valence-corrected chi connectivity index (χ3v) is 6.27. The van der Waals surface area contributed by atoms with Gasteiger partial charge in [0.25, 0.3) is 5.91 Å². The summed E-state index contributed by atoms with van der Waals surface area (Å²) in [6.07, 6.45) is 4.07. The van der Waals surface area contributed by atoms with Gasteiger partial charge >= 0.3 is 0 Å². The zero-order valence-electron chi connectivity index (χ0n) is 19.5. The minimum absolute atomic E-state index is 0.0384. The molecule has 2 N–H and O–H groups in total. The molecule has 1 fully saturated rings. The first-order valence-corrected chi connectivity index (χ1v) is 11.5. The van der Waals surface area contributed by atoms with E-state index >= 15 is 0 Å². The molecule has 1 aliphatic rings. The molecule has 2 aromatic carbocycles. The van der Waals surface area contributed by atoms with Crippen molar-refractivity contribution in [3.8, 4) is 0 Å². The van der Waals surface area contributed by atoms with Crippen molar-refractivity contribution >= 4 is 34.4 Å². The van der Waals surface area contributed by atoms with Gasteiger partial charge in [-0.3, -0.25) is 9.59 Å². The molecule has 3 aromatic rings. The van der Waals surface area contributed by atoms with E-state index in [-0.39, 0.29) is 11.7 Å². The van der Waals surface area contributed by atoms with Crippen LogP contribution >= 0.6 is 0 Å². The number of nitrogens with zero attached hydrogens (tertiary/aromatic N) is 3. The summed E-state index contributed by atoms with van der Waals surface area (Å²) >= 11 is 0. The van der Waals surface area contributed by atoms with Crippen LogP contribution in [0.25, 0.3) is 10.9 Å². The Morgan fingerprint density at radius 1 is 0.970 bits per heavy atom. The minimum Gasteiger partial charge on any atom is -0.362 e. The zero-order chi connectivity index (χ0) is 23.4. The van der Waals surface area contributed by atoms with Crippen LogP contribution in [0.1, 0.15) is 53.3 Å². The lowest BCUT2D eigenvalue weighted by atomic mass is 9.86. The molecule has 4 rings (SSSR count). The number of Topliss-reactive ketones (excluding diaryl/α,β-unsaturated/α-hetero) is 1. The average molecular weight is 446 g/mol. The number of anilines is 2. The van der Waals surface area contributed by atoms with Gasteiger partial charge < -0.3 is 15.5 Å². The van der Waals surface area contributed by atoms with Crippen LogP contribution in [0.15, 0.2) is 48.5 Å². The summed E-state index contributed by atoms with van der Waals surface area (Å²) in [6.45, 7) is 2.15. The molecule has 0 atom stereocenters. The Bertz CT molecular complexity index is 1150. The Kier molecular flexibility index (Phi) is 6.87. The Morgan fingerprint density at radius 3 is 2.42 bits per heavy atom. The normalized spacial score (nSPS) is 18.0. The lowest BCUT2D eigenvalue weighted by Gasteiger charge is -2.29. The third kappa shape index (κ3) is 5.48. The summed E-state index contributed by atoms with van der Waals surface area (Å²) in [5, 5.41) is 7.61. The Hall–Kier alpha value is -3.48. The fraction of sp³-hybridized carbons (Fsp3) is 0.385. The van der Waals surface area contributed by atoms with Crippen LogP contribution in [0.4, 0.5) is 11.8 Å². The maximum absolute atomic E-state index is 12.5. The van der Waals surface area contributed by atoms with E-state index in [4.69, 9.17) is 9.97 Å². The molecule has 0 bridgehead atoms. The number of para-hydroxylation sites is 1. The van der Waals surface area contributed by atoms with E-state index < -0.39 is 0 Å². The van der Waals surface area contributed by atoms with E-state index in [0.717, 1.165) is 42.4 Å². The van der Waals surface area contributed by atoms with Gasteiger partial charge in [0.05, 0.1) is 5.52 Å². The first-order chi connectivity index (χ1) is 15.9. The summed E-state index contributed by atoms with van der Waals surface area (Å²) in [6, 6.07) is 15.3. The van der Waals surface area contributed by atoms with Crippen molar-refractivity contribution in [3.05, 3.63) is 59.7 Å². The summed E-state index contributed by atoms with van der Waals surface area (Å²) in [5.74, 6) is 1.85. The molecule has 172 valence electrons. The quantitative estimate of drug-likeness (QED) is 0.527. The molecule has 0 radical (unpaired) electrons. The highest BCUT2D eigenvalue weighted by atomic mass is 16.1. The van der Waals surface area contributed by atoms with Gasteiger partial charge in [-0.15, -0.1) is 0 Å². The maximum Gasteiger partial charge on any atom is 0.251 e. The first-order valence-electron chi connectivity index (χ1n) is 11.5. The van der Waals surface area contributed by atoms with Crippen LogP contribution in [-0.2, 0) is 0 Å². The van der Waals surface area contributed by atoms with Crippen LogP contribution in [0.2, 0.25) is 0 Å². The number of ketones is 1. The molecule has 1 aliphatic carbocycles. The van der Waals surface area contributed by atoms with Crippen LogP contribution in [0.5, 0.6) is 0 Å². The monoisotopic (exact) mass is 445 g/mol. The van der Waals surface area contributed by atoms with E-state index in [1.165, 1.54) is 6.92 Å². The van der Waals surface area contributed by atoms with E-state index in [2.05, 4.69) is 10.6 Å². The number of hydrogen-bond donors (Lipinski definition) is 2. The van der Waals surface area contributed by atoms with E-state index in [9.17, 15) is 9.59 Å². The molecule has 1 amide bonds. The Morgan fingerprint density at radius 2 is 1.70 bits per heavy atom. The summed E-state index contributed by atoms with van der Waals surface area (Å²) in [5.41, 5.74) is 2.02. The van der Waals surface area contributed by atoms with Crippen molar-refractivity contribution in [1.82, 2.24) is 15.3 Å². The van der Waals surface area contributed by atoms with Gasteiger partial charge in [-0.2, -0.15) is 4.98 Å². The first kappa shape index (κ1) is 22.7. The molecule has 0 aliphatic heterocycles. The minimum atomic E-state index is -0.126. The Balaban J connectivity index is 1.31. The van der Waals surface area contributed by atoms with Crippen molar-refractivity contribution in [3.63, 3.8) is 0 Å². The molecule has 0 spiro atoms. The lowest BCUT2D eigenvalue weighted by Crippen LogP contribution is -2.34. The number of aromatic nitrogens is 2. The number of carbonyl (C=O) groups is 2. The van der Waals surface area contributed by atoms with Gasteiger partial charge in [0.1, 0.15) is 5.82 Å². The molecular weight excluding hydrogens is 414 g/mol. The molecule has 0 unspecified atom stereocenters. The van der Waals surface area contributed by atoms with Crippen molar-refractivity contribution in [1.29, 1.82) is 0 Å². The van der Waals surface area contributed by atoms with Crippen LogP contribution < -0.4 is 15.5 Å². The van der Waals surface area contributed by atoms with Crippen LogP contribution in [-0.4, -0.2) is 48.3 Å². The van der Waals surface area contributed by atoms with E-state index in [0.29, 0.717) is 35.6 Å². The second kappa shape index (κ2) is 9.98. The average Bonchev–Trinajstić information content (AvgIpc) is 2.83. The molecule has 0 saturated heterocycles. The highest BCUT2D eigenvalue weighted by Gasteiger charge is 2.23. The van der Waals surface area contributed by atoms with Crippen molar-refractivity contribution in [2.45, 2.75) is 38.6 Å². The fourth-order valence-corrected chi connectivity index (χ4v) is 4.38. The zero-order valence-corrected chi connectivity index (χ0v) is 19.5. The van der Waals surface area contributed by atoms with Crippen molar-refractivity contribution < 1.29 is 9.59 Å². The number of rotatable bonds is 7. The largest absolute Gasteiger partial charge is 0.362 e. The van der Waals surface area contributed by atoms with Gasteiger partial charge in [0.15, 0.2) is 5.78 Å². The number of nitrogens with one attached hydrogen (secondary N) is 2. The number of carbonyl (C=O) groups excluding carboxylic acids is 2. The standard InChI is InChI=1S/C26H31N5O2/c1-17(32)19-7-6-8-20(15-19)25(33)27-16-18-11-13-21(14-12-18)28-26-29-23-10-5-4-9-22(23)24(30-26)31(2)3/h4-10,15,18,21H,11-14,16H2,1-3H3,(H,27,33)(H,28,29,30). The number of hydrogen-bond acceptors (Lipinski definition) is 6. The van der Waals surface area contributed by atoms with Gasteiger partial charge in [0.2, 0.25) is 5.95 Å². The molecule has 1 aromatic heterocycles. The number of benzene rings is 2. The topological polar surface area (TPSA) is 87.2 Å². The van der Waals surface area contributed by atoms with Gasteiger partial charge in [0, 0.05) is 43.2 Å². The second-order valence-corrected chi connectivity index (χ2v) is 8.99. The highest BCUT2D eigenvalue weighted by Crippen LogP contribution is 2.28. The van der Waals surface area contributed by atoms with E-state index in [1.54, 1.807) is 24.3 Å². The Labute approximate surface area is 194 Å². The summed E-state index contributed by atoms with van der Waals surface area (Å²) in [4.78, 5) is 35.5. The second-order valence-electron chi connectivity index (χ2n) is 8.99. The van der Waals surface area contributed by atoms with Gasteiger partial charge in [-0.25, -0.2) is 4.98 Å². The predicted octanol–water partition coefficient (Wildman–Crippen LogP) is 4.30. The summed E-state index contributed by atoms with van der Waals surface area (Å²) < 4.78 is 0. The SMILES string of the molecule is CC(=O)c1cccc(C(=O)NCC2CCC(Nc3nc(N(C)C)c4ccccc4n3)CC2)c1. The van der Waals surface area contributed by atoms with Crippen molar-refractivity contribution in [2.24, 2.45) is 5.92 Å². The molecule has 1 heterocycles. The van der Waals surface area contributed by atoms with Crippen LogP contribution in [0, 0.1) is 5.92 Å². The number of fused-ring (bicyclic) bond motifs is 1. The molecule has 33 heavy (non-hydrogen) atoms. The lowest BCUT2D eigenvalue weighted by molar-refractivity contribution is 0.0943. The fourth-order valence-electron chi connectivity index (χ4n) is 4.38. The van der Waals surface area contributed by atoms with Gasteiger partial charge in [-0.05, 0) is 62.8 Å². The third-order valence-electron chi connectivity index (χ3n) is 6.27. The van der Waals surface area contributed by atoms with Crippen molar-refractivity contribution in [2.75, 3.05) is 30.9 Å². The molecule has 7 heteroatoms. The molecular formula is C26H31N5O2. The highest BCUT2D eigenvalue weighted by molar-refractivity contribution is 5.99. The molecule has 7 nitrogen and oxygen atoms in total. The summed E-state index contributed by atoms with van der Waals surface area (Å²) in [7, 11) is 3.99.